The lowest BCUT2D eigenvalue weighted by molar-refractivity contribution is -0.167. The van der Waals surface area contributed by atoms with Gasteiger partial charge in [0.05, 0.1) is 0 Å². The molecule has 1 unspecified atom stereocenters. The van der Waals surface area contributed by atoms with Gasteiger partial charge >= 0.3 is 17.9 Å². The summed E-state index contributed by atoms with van der Waals surface area (Å²) >= 11 is 0. The smallest absolute Gasteiger partial charge is 0.306 e. The van der Waals surface area contributed by atoms with Crippen molar-refractivity contribution >= 4 is 17.9 Å². The van der Waals surface area contributed by atoms with E-state index in [1.54, 1.807) is 0 Å². The fourth-order valence-electron chi connectivity index (χ4n) is 7.04. The Kier molecular flexibility index (Phi) is 52.5. The topological polar surface area (TPSA) is 78.9 Å². The van der Waals surface area contributed by atoms with Crippen LogP contribution in [0.2, 0.25) is 0 Å². The van der Waals surface area contributed by atoms with Crippen LogP contribution in [-0.4, -0.2) is 37.2 Å². The van der Waals surface area contributed by atoms with E-state index < -0.39 is 6.10 Å². The van der Waals surface area contributed by atoms with Gasteiger partial charge in [-0.05, 0) is 128 Å². The second-order valence-corrected chi connectivity index (χ2v) is 17.8. The molecule has 6 heteroatoms. The molecule has 1 atom stereocenters. The van der Waals surface area contributed by atoms with Gasteiger partial charge in [-0.2, -0.15) is 0 Å². The van der Waals surface area contributed by atoms with Crippen LogP contribution in [0.5, 0.6) is 0 Å². The molecule has 0 fully saturated rings. The van der Waals surface area contributed by atoms with Crippen molar-refractivity contribution in [2.75, 3.05) is 13.2 Å². The molecule has 0 aromatic rings. The maximum atomic E-state index is 12.8. The van der Waals surface area contributed by atoms with Crippen molar-refractivity contribution < 1.29 is 28.6 Å². The summed E-state index contributed by atoms with van der Waals surface area (Å²) in [6.45, 7) is 6.31. The Bertz CT molecular complexity index is 1510. The first-order chi connectivity index (χ1) is 34.0. The molecule has 0 rings (SSSR count). The third-order valence-electron chi connectivity index (χ3n) is 11.1. The average Bonchev–Trinajstić information content (AvgIpc) is 3.35. The highest BCUT2D eigenvalue weighted by atomic mass is 16.6. The monoisotopic (exact) mass is 953 g/mol. The van der Waals surface area contributed by atoms with E-state index in [1.807, 2.05) is 0 Å². The zero-order valence-corrected chi connectivity index (χ0v) is 44.3. The molecule has 0 saturated heterocycles. The molecule has 0 aromatic heterocycles. The minimum absolute atomic E-state index is 0.120. The van der Waals surface area contributed by atoms with Crippen molar-refractivity contribution in [1.29, 1.82) is 0 Å². The Hall–Kier alpha value is -4.45. The number of esters is 3. The molecule has 69 heavy (non-hydrogen) atoms. The Morgan fingerprint density at radius 3 is 0.971 bits per heavy atom. The summed E-state index contributed by atoms with van der Waals surface area (Å²) in [4.78, 5) is 38.1. The Morgan fingerprint density at radius 1 is 0.319 bits per heavy atom. The van der Waals surface area contributed by atoms with E-state index in [2.05, 4.69) is 154 Å². The Balaban J connectivity index is 4.57. The molecule has 0 bridgehead atoms. The van der Waals surface area contributed by atoms with Crippen LogP contribution >= 0.6 is 0 Å². The number of carbonyl (C=O) groups excluding carboxylic acids is 3. The van der Waals surface area contributed by atoms with Gasteiger partial charge in [0.15, 0.2) is 6.10 Å². The summed E-state index contributed by atoms with van der Waals surface area (Å²) in [7, 11) is 0. The highest BCUT2D eigenvalue weighted by molar-refractivity contribution is 5.71. The maximum absolute atomic E-state index is 12.8. The summed E-state index contributed by atoms with van der Waals surface area (Å²) in [6, 6.07) is 0. The van der Waals surface area contributed by atoms with Gasteiger partial charge in [0.1, 0.15) is 13.2 Å². The highest BCUT2D eigenvalue weighted by Gasteiger charge is 2.19. The number of hydrogen-bond donors (Lipinski definition) is 0. The van der Waals surface area contributed by atoms with Gasteiger partial charge in [0.2, 0.25) is 0 Å². The Labute approximate surface area is 424 Å². The second-order valence-electron chi connectivity index (χ2n) is 17.8. The number of allylic oxidation sites excluding steroid dienone is 22. The first-order valence-corrected chi connectivity index (χ1v) is 27.7. The van der Waals surface area contributed by atoms with E-state index in [1.165, 1.54) is 44.9 Å². The number of hydrogen-bond acceptors (Lipinski definition) is 6. The molecule has 0 aliphatic carbocycles. The standard InChI is InChI=1S/C63H100O6/c1-4-7-10-13-16-19-22-25-28-31-32-33-36-38-41-44-47-50-53-56-62(65)68-59-60(69-63(66)57-54-51-48-45-42-39-35-30-27-24-21-18-15-12-9-6-3)58-67-61(64)55-52-49-46-43-40-37-34-29-26-23-20-17-14-11-8-5-2/h7,9-10,12,16,18-19,21,25,27-30,32-34,37-42,60H,4-6,8,11,13-15,17,20,22-24,26,31,35-36,43-59H2,1-3H3/b10-7-,12-9-,19-16-,21-18-,28-25-,30-27-,33-32-,34-29-,40-37-,41-38-,42-39-. The molecule has 0 aliphatic heterocycles. The van der Waals surface area contributed by atoms with Gasteiger partial charge in [-0.3, -0.25) is 14.4 Å². The van der Waals surface area contributed by atoms with Crippen molar-refractivity contribution in [1.82, 2.24) is 0 Å². The van der Waals surface area contributed by atoms with Gasteiger partial charge in [-0.1, -0.05) is 212 Å². The Morgan fingerprint density at radius 2 is 0.609 bits per heavy atom. The predicted molar refractivity (Wildman–Crippen MR) is 297 cm³/mol. The van der Waals surface area contributed by atoms with E-state index in [9.17, 15) is 14.4 Å². The third-order valence-corrected chi connectivity index (χ3v) is 11.1. The minimum Gasteiger partial charge on any atom is -0.462 e. The van der Waals surface area contributed by atoms with Crippen molar-refractivity contribution in [3.8, 4) is 0 Å². The molecule has 0 saturated carbocycles. The van der Waals surface area contributed by atoms with Crippen molar-refractivity contribution in [2.45, 2.75) is 232 Å². The van der Waals surface area contributed by atoms with Crippen molar-refractivity contribution in [2.24, 2.45) is 0 Å². The summed E-state index contributed by atoms with van der Waals surface area (Å²) in [6.07, 6.45) is 78.7. The molecule has 0 aliphatic rings. The average molecular weight is 953 g/mol. The maximum Gasteiger partial charge on any atom is 0.306 e. The highest BCUT2D eigenvalue weighted by Crippen LogP contribution is 2.12. The molecule has 0 radical (unpaired) electrons. The molecule has 0 N–H and O–H groups in total. The molecule has 0 heterocycles. The van der Waals surface area contributed by atoms with Crippen LogP contribution in [0.25, 0.3) is 0 Å². The van der Waals surface area contributed by atoms with Crippen molar-refractivity contribution in [3.05, 3.63) is 134 Å². The summed E-state index contributed by atoms with van der Waals surface area (Å²) in [5.41, 5.74) is 0. The molecule has 0 aromatic carbocycles. The van der Waals surface area contributed by atoms with E-state index in [0.717, 1.165) is 135 Å². The minimum atomic E-state index is -0.825. The van der Waals surface area contributed by atoms with Crippen LogP contribution in [0, 0.1) is 0 Å². The van der Waals surface area contributed by atoms with Crippen LogP contribution in [0.15, 0.2) is 134 Å². The molecule has 6 nitrogen and oxygen atoms in total. The molecular weight excluding hydrogens is 853 g/mol. The number of unbranched alkanes of at least 4 members (excludes halogenated alkanes) is 16. The first kappa shape index (κ1) is 64.5. The number of rotatable bonds is 48. The van der Waals surface area contributed by atoms with Crippen LogP contribution < -0.4 is 0 Å². The van der Waals surface area contributed by atoms with E-state index in [0.29, 0.717) is 19.3 Å². The first-order valence-electron chi connectivity index (χ1n) is 27.7. The largest absolute Gasteiger partial charge is 0.462 e. The molecule has 0 amide bonds. The van der Waals surface area contributed by atoms with Crippen LogP contribution in [-0.2, 0) is 28.6 Å². The van der Waals surface area contributed by atoms with Gasteiger partial charge in [0.25, 0.3) is 0 Å². The zero-order valence-electron chi connectivity index (χ0n) is 44.3. The summed E-state index contributed by atoms with van der Waals surface area (Å²) in [5.74, 6) is -1.01. The molecule has 388 valence electrons. The fraction of sp³-hybridized carbons (Fsp3) is 0.603. The summed E-state index contributed by atoms with van der Waals surface area (Å²) in [5, 5.41) is 0. The van der Waals surface area contributed by atoms with Gasteiger partial charge < -0.3 is 14.2 Å². The van der Waals surface area contributed by atoms with E-state index in [4.69, 9.17) is 14.2 Å². The lowest BCUT2D eigenvalue weighted by atomic mass is 10.1. The lowest BCUT2D eigenvalue weighted by Crippen LogP contribution is -2.30. The third kappa shape index (κ3) is 54.4. The SMILES string of the molecule is CC/C=C\C/C=C\C/C=C\C/C=C\C/C=C\CCCCCC(=O)OCC(COC(=O)CCCCC/C=C\C=C/CCCCCCCCC)OC(=O)CCCCC/C=C\C/C=C\C/C=C\C/C=C\CC. The molecular formula is C63H100O6. The van der Waals surface area contributed by atoms with Gasteiger partial charge in [-0.25, -0.2) is 0 Å². The van der Waals surface area contributed by atoms with E-state index >= 15 is 0 Å². The van der Waals surface area contributed by atoms with Crippen LogP contribution in [0.4, 0.5) is 0 Å². The lowest BCUT2D eigenvalue weighted by Gasteiger charge is -2.18. The fourth-order valence-corrected chi connectivity index (χ4v) is 7.04. The second kappa shape index (κ2) is 56.1. The molecule has 0 spiro atoms. The predicted octanol–water partition coefficient (Wildman–Crippen LogP) is 18.6. The van der Waals surface area contributed by atoms with Gasteiger partial charge in [0, 0.05) is 19.3 Å². The zero-order chi connectivity index (χ0) is 50.0. The van der Waals surface area contributed by atoms with Crippen LogP contribution in [0.3, 0.4) is 0 Å². The normalized spacial score (nSPS) is 13.1. The summed E-state index contributed by atoms with van der Waals surface area (Å²) < 4.78 is 16.8. The van der Waals surface area contributed by atoms with Crippen molar-refractivity contribution in [3.63, 3.8) is 0 Å². The quantitative estimate of drug-likeness (QED) is 0.0199. The van der Waals surface area contributed by atoms with Gasteiger partial charge in [-0.15, -0.1) is 0 Å². The van der Waals surface area contributed by atoms with Crippen LogP contribution in [0.1, 0.15) is 226 Å². The number of carbonyl (C=O) groups is 3. The van der Waals surface area contributed by atoms with E-state index in [-0.39, 0.29) is 37.5 Å². The number of ether oxygens (including phenoxy) is 3.